The third-order valence-electron chi connectivity index (χ3n) is 13.2. The average Bonchev–Trinajstić information content (AvgIpc) is 4.07. The summed E-state index contributed by atoms with van der Waals surface area (Å²) in [4.78, 5) is 7.34. The van der Waals surface area contributed by atoms with Crippen LogP contribution in [0, 0.1) is 0 Å². The number of benzene rings is 10. The Balaban J connectivity index is 1.07. The third kappa shape index (κ3) is 5.46. The lowest BCUT2D eigenvalue weighted by atomic mass is 9.68. The Labute approximate surface area is 369 Å². The Morgan fingerprint density at radius 2 is 1.00 bits per heavy atom. The number of oxazole rings is 1. The van der Waals surface area contributed by atoms with Gasteiger partial charge in [0.15, 0.2) is 11.2 Å². The van der Waals surface area contributed by atoms with Gasteiger partial charge in [-0.2, -0.15) is 0 Å². The third-order valence-corrected chi connectivity index (χ3v) is 13.2. The zero-order valence-electron chi connectivity index (χ0n) is 34.7. The van der Waals surface area contributed by atoms with Crippen molar-refractivity contribution in [3.8, 4) is 33.7 Å². The van der Waals surface area contributed by atoms with Gasteiger partial charge in [0.25, 0.3) is 0 Å². The van der Waals surface area contributed by atoms with Crippen molar-refractivity contribution in [1.82, 2.24) is 4.98 Å². The van der Waals surface area contributed by atoms with Crippen molar-refractivity contribution in [1.29, 1.82) is 0 Å². The molecule has 13 rings (SSSR count). The van der Waals surface area contributed by atoms with Crippen molar-refractivity contribution in [3.05, 3.63) is 253 Å². The summed E-state index contributed by atoms with van der Waals surface area (Å²) in [5.74, 6) is 0.553. The summed E-state index contributed by atoms with van der Waals surface area (Å²) in [5, 5.41) is 4.33. The molecule has 12 aromatic rings. The fraction of sp³-hybridized carbons (Fsp3) is 0.0167. The Morgan fingerprint density at radius 3 is 1.73 bits per heavy atom. The van der Waals surface area contributed by atoms with Crippen molar-refractivity contribution in [2.24, 2.45) is 0 Å². The highest BCUT2D eigenvalue weighted by molar-refractivity contribution is 6.21. The van der Waals surface area contributed by atoms with Crippen molar-refractivity contribution >= 4 is 60.9 Å². The van der Waals surface area contributed by atoms with Crippen LogP contribution < -0.4 is 4.90 Å². The average molecular weight is 819 g/mol. The van der Waals surface area contributed by atoms with E-state index in [4.69, 9.17) is 13.8 Å². The lowest BCUT2D eigenvalue weighted by Gasteiger charge is -2.34. The molecule has 4 nitrogen and oxygen atoms in total. The molecule has 0 saturated carbocycles. The molecule has 1 aliphatic carbocycles. The number of anilines is 3. The van der Waals surface area contributed by atoms with Gasteiger partial charge in [0, 0.05) is 27.7 Å². The minimum absolute atomic E-state index is 0.519. The standard InChI is InChI=1S/C60H38N2O2/c1-3-15-39(16-4-1)40-27-32-45(33-28-40)62(46-34-30-44(31-35-46)60(43-18-5-2-6-19-43)51-23-11-9-21-48(51)49-22-10-12-24-52(49)60)54-38-42(59-61-53-25-13-14-26-55(53)64-59)37-50-57-47-20-8-7-17-41(47)29-36-56(57)63-58(50)54/h1-38H. The number of furan rings is 1. The summed E-state index contributed by atoms with van der Waals surface area (Å²) in [6.45, 7) is 0. The van der Waals surface area contributed by atoms with E-state index in [-0.39, 0.29) is 0 Å². The van der Waals surface area contributed by atoms with E-state index >= 15 is 0 Å². The van der Waals surface area contributed by atoms with Crippen molar-refractivity contribution in [3.63, 3.8) is 0 Å². The molecule has 300 valence electrons. The molecule has 0 saturated heterocycles. The molecule has 0 atom stereocenters. The second-order valence-electron chi connectivity index (χ2n) is 16.6. The minimum atomic E-state index is -0.519. The predicted molar refractivity (Wildman–Crippen MR) is 262 cm³/mol. The second kappa shape index (κ2) is 14.3. The lowest BCUT2D eigenvalue weighted by Crippen LogP contribution is -2.28. The van der Waals surface area contributed by atoms with E-state index in [1.165, 1.54) is 33.4 Å². The molecule has 0 fully saturated rings. The van der Waals surface area contributed by atoms with Crippen LogP contribution in [0.1, 0.15) is 22.3 Å². The van der Waals surface area contributed by atoms with Gasteiger partial charge in [-0.15, -0.1) is 0 Å². The smallest absolute Gasteiger partial charge is 0.227 e. The van der Waals surface area contributed by atoms with Crippen molar-refractivity contribution in [2.45, 2.75) is 5.41 Å². The Hall–Kier alpha value is -8.47. The first-order valence-electron chi connectivity index (χ1n) is 21.8. The Morgan fingerprint density at radius 1 is 0.406 bits per heavy atom. The molecule has 0 radical (unpaired) electrons. The van der Waals surface area contributed by atoms with E-state index in [0.29, 0.717) is 5.89 Å². The Kier molecular flexibility index (Phi) is 8.09. The van der Waals surface area contributed by atoms with Crippen LogP contribution in [0.15, 0.2) is 239 Å². The molecular formula is C60H38N2O2. The number of rotatable bonds is 7. The summed E-state index contributed by atoms with van der Waals surface area (Å²) in [6.07, 6.45) is 0. The number of aromatic nitrogens is 1. The zero-order chi connectivity index (χ0) is 42.2. The van der Waals surface area contributed by atoms with Gasteiger partial charge in [-0.05, 0) is 110 Å². The summed E-state index contributed by atoms with van der Waals surface area (Å²) in [5.41, 5.74) is 16.2. The second-order valence-corrected chi connectivity index (χ2v) is 16.6. The first-order chi connectivity index (χ1) is 31.7. The monoisotopic (exact) mass is 818 g/mol. The van der Waals surface area contributed by atoms with Gasteiger partial charge < -0.3 is 13.7 Å². The first kappa shape index (κ1) is 36.2. The van der Waals surface area contributed by atoms with E-state index in [1.807, 2.05) is 24.3 Å². The number of fused-ring (bicyclic) bond motifs is 9. The molecule has 0 amide bonds. The highest BCUT2D eigenvalue weighted by Crippen LogP contribution is 2.56. The fourth-order valence-electron chi connectivity index (χ4n) is 10.3. The molecule has 0 spiro atoms. The SMILES string of the molecule is c1ccc(-c2ccc(N(c3ccc(C4(c5ccccc5)c5ccccc5-c5ccccc54)cc3)c3cc(-c4nc5ccccc5o4)cc4c3oc3ccc5ccccc5c34)cc2)cc1. The van der Waals surface area contributed by atoms with Gasteiger partial charge in [0.05, 0.1) is 11.1 Å². The van der Waals surface area contributed by atoms with Crippen molar-refractivity contribution < 1.29 is 8.83 Å². The topological polar surface area (TPSA) is 42.4 Å². The maximum Gasteiger partial charge on any atom is 0.227 e. The van der Waals surface area contributed by atoms with Crippen molar-refractivity contribution in [2.75, 3.05) is 4.90 Å². The quantitative estimate of drug-likeness (QED) is 0.161. The maximum absolute atomic E-state index is 7.02. The van der Waals surface area contributed by atoms with Crippen LogP contribution in [-0.4, -0.2) is 4.98 Å². The van der Waals surface area contributed by atoms with Gasteiger partial charge >= 0.3 is 0 Å². The van der Waals surface area contributed by atoms with E-state index in [1.54, 1.807) is 0 Å². The van der Waals surface area contributed by atoms with Crippen LogP contribution in [0.4, 0.5) is 17.1 Å². The van der Waals surface area contributed by atoms with Crippen LogP contribution in [0.25, 0.3) is 77.5 Å². The van der Waals surface area contributed by atoms with E-state index in [2.05, 4.69) is 211 Å². The molecular weight excluding hydrogens is 781 g/mol. The molecule has 0 bridgehead atoms. The highest BCUT2D eigenvalue weighted by atomic mass is 16.3. The number of hydrogen-bond donors (Lipinski definition) is 0. The van der Waals surface area contributed by atoms with Gasteiger partial charge in [-0.3, -0.25) is 0 Å². The summed E-state index contributed by atoms with van der Waals surface area (Å²) >= 11 is 0. The normalized spacial score (nSPS) is 12.8. The van der Waals surface area contributed by atoms with E-state index < -0.39 is 5.41 Å². The molecule has 0 N–H and O–H groups in total. The van der Waals surface area contributed by atoms with E-state index in [0.717, 1.165) is 77.6 Å². The molecule has 0 aliphatic heterocycles. The molecule has 64 heavy (non-hydrogen) atoms. The molecule has 2 aromatic heterocycles. The van der Waals surface area contributed by atoms with Gasteiger partial charge in [0.1, 0.15) is 11.1 Å². The largest absolute Gasteiger partial charge is 0.454 e. The summed E-state index contributed by atoms with van der Waals surface area (Å²) < 4.78 is 13.5. The zero-order valence-corrected chi connectivity index (χ0v) is 34.7. The lowest BCUT2D eigenvalue weighted by molar-refractivity contribution is 0.620. The predicted octanol–water partition coefficient (Wildman–Crippen LogP) is 16.0. The van der Waals surface area contributed by atoms with Gasteiger partial charge in [-0.25, -0.2) is 4.98 Å². The molecule has 4 heteroatoms. The molecule has 0 unspecified atom stereocenters. The Bertz CT molecular complexity index is 3640. The van der Waals surface area contributed by atoms with Gasteiger partial charge in [0.2, 0.25) is 5.89 Å². The van der Waals surface area contributed by atoms with Crippen LogP contribution >= 0.6 is 0 Å². The van der Waals surface area contributed by atoms with Gasteiger partial charge in [-0.1, -0.05) is 176 Å². The van der Waals surface area contributed by atoms with Crippen LogP contribution in [0.5, 0.6) is 0 Å². The van der Waals surface area contributed by atoms with Crippen LogP contribution in [0.2, 0.25) is 0 Å². The van der Waals surface area contributed by atoms with Crippen LogP contribution in [-0.2, 0) is 5.41 Å². The summed E-state index contributed by atoms with van der Waals surface area (Å²) in [6, 6.07) is 82.3. The van der Waals surface area contributed by atoms with Crippen LogP contribution in [0.3, 0.4) is 0 Å². The number of nitrogens with zero attached hydrogens (tertiary/aromatic N) is 2. The summed E-state index contributed by atoms with van der Waals surface area (Å²) in [7, 11) is 0. The number of para-hydroxylation sites is 2. The molecule has 1 aliphatic rings. The number of hydrogen-bond acceptors (Lipinski definition) is 4. The minimum Gasteiger partial charge on any atom is -0.454 e. The first-order valence-corrected chi connectivity index (χ1v) is 21.8. The highest BCUT2D eigenvalue weighted by Gasteiger charge is 2.45. The maximum atomic E-state index is 7.02. The fourth-order valence-corrected chi connectivity index (χ4v) is 10.3. The van der Waals surface area contributed by atoms with E-state index in [9.17, 15) is 0 Å². The molecule has 2 heterocycles. The molecule has 10 aromatic carbocycles.